The van der Waals surface area contributed by atoms with Gasteiger partial charge in [0.1, 0.15) is 6.10 Å². The summed E-state index contributed by atoms with van der Waals surface area (Å²) >= 11 is 0. The van der Waals surface area contributed by atoms with Gasteiger partial charge in [-0.2, -0.15) is 0 Å². The molecule has 6 atom stereocenters. The first-order valence-electron chi connectivity index (χ1n) is 16.7. The third kappa shape index (κ3) is 10.9. The number of allylic oxidation sites excluding steroid dienone is 4. The molecule has 0 aromatic carbocycles. The van der Waals surface area contributed by atoms with Crippen LogP contribution in [0, 0.1) is 34.5 Å². The standard InChI is InChI=1S/C27H44O.C9H17NO5/c1-19(2)8-6-9-21(4)25-15-16-26-22(10-7-17-27(25,26)5)12-13-23-18-24(28)14-11-20(23)3;1-9(2,5-11)7(14)8(15)10-4-3-6(12)13/h12-13,19,21,24-26,28H,3,6-11,14-18H2,1-2,4-5H3;7,11,14H,3-5H2,1-2H3,(H,10,15)(H,12,13)/b22-12+,23-13+;/t21-,24+,25-,26+,27-;7-/m10/s1. The predicted molar refractivity (Wildman–Crippen MR) is 173 cm³/mol. The lowest BCUT2D eigenvalue weighted by Gasteiger charge is -2.44. The van der Waals surface area contributed by atoms with Gasteiger partial charge < -0.3 is 25.7 Å². The van der Waals surface area contributed by atoms with Crippen LogP contribution in [0.25, 0.3) is 0 Å². The van der Waals surface area contributed by atoms with Gasteiger partial charge in [0.05, 0.1) is 19.1 Å². The maximum absolute atomic E-state index is 11.3. The number of nitrogens with one attached hydrogen (secondary N) is 1. The molecule has 7 heteroatoms. The number of carbonyl (C=O) groups is 2. The topological polar surface area (TPSA) is 127 Å². The summed E-state index contributed by atoms with van der Waals surface area (Å²) in [6, 6.07) is 0. The molecule has 3 rings (SSSR count). The Kier molecular flexibility index (Phi) is 14.7. The van der Waals surface area contributed by atoms with Crippen molar-refractivity contribution in [1.29, 1.82) is 0 Å². The lowest BCUT2D eigenvalue weighted by atomic mass is 9.60. The first-order valence-corrected chi connectivity index (χ1v) is 16.7. The van der Waals surface area contributed by atoms with Crippen LogP contribution < -0.4 is 5.32 Å². The van der Waals surface area contributed by atoms with Crippen LogP contribution in [-0.4, -0.2) is 57.7 Å². The van der Waals surface area contributed by atoms with E-state index in [1.54, 1.807) is 5.57 Å². The molecule has 0 unspecified atom stereocenters. The smallest absolute Gasteiger partial charge is 0.305 e. The van der Waals surface area contributed by atoms with Crippen LogP contribution in [0.1, 0.15) is 119 Å². The van der Waals surface area contributed by atoms with E-state index in [1.165, 1.54) is 76.4 Å². The Labute approximate surface area is 260 Å². The molecule has 5 N–H and O–H groups in total. The molecular formula is C36H61NO6. The second-order valence-corrected chi connectivity index (χ2v) is 14.8. The highest BCUT2D eigenvalue weighted by Crippen LogP contribution is 2.60. The summed E-state index contributed by atoms with van der Waals surface area (Å²) in [5.74, 6) is 1.68. The van der Waals surface area contributed by atoms with Crippen molar-refractivity contribution in [2.45, 2.75) is 131 Å². The third-order valence-electron chi connectivity index (χ3n) is 10.4. The second kappa shape index (κ2) is 16.9. The van der Waals surface area contributed by atoms with Crippen LogP contribution in [-0.2, 0) is 9.59 Å². The molecule has 0 radical (unpaired) electrons. The molecule has 246 valence electrons. The molecule has 3 aliphatic rings. The largest absolute Gasteiger partial charge is 0.481 e. The van der Waals surface area contributed by atoms with E-state index in [0.29, 0.717) is 5.41 Å². The third-order valence-corrected chi connectivity index (χ3v) is 10.4. The number of carboxylic acid groups (broad SMARTS) is 1. The fourth-order valence-corrected chi connectivity index (χ4v) is 7.49. The fourth-order valence-electron chi connectivity index (χ4n) is 7.49. The van der Waals surface area contributed by atoms with Crippen molar-refractivity contribution in [2.24, 2.45) is 34.5 Å². The Bertz CT molecular complexity index is 998. The Morgan fingerprint density at radius 3 is 2.44 bits per heavy atom. The Balaban J connectivity index is 0.000000367. The molecule has 0 saturated heterocycles. The number of aliphatic hydroxyl groups excluding tert-OH is 3. The summed E-state index contributed by atoms with van der Waals surface area (Å²) in [5.41, 5.74) is 3.78. The summed E-state index contributed by atoms with van der Waals surface area (Å²) in [6.07, 6.45) is 16.7. The van der Waals surface area contributed by atoms with Gasteiger partial charge >= 0.3 is 5.97 Å². The van der Waals surface area contributed by atoms with Gasteiger partial charge in [0.2, 0.25) is 5.91 Å². The van der Waals surface area contributed by atoms with E-state index >= 15 is 0 Å². The molecule has 7 nitrogen and oxygen atoms in total. The zero-order valence-corrected chi connectivity index (χ0v) is 27.8. The van der Waals surface area contributed by atoms with Crippen LogP contribution in [0.4, 0.5) is 0 Å². The van der Waals surface area contributed by atoms with Crippen molar-refractivity contribution in [1.82, 2.24) is 5.32 Å². The zero-order chi connectivity index (χ0) is 32.4. The number of carbonyl (C=O) groups excluding carboxylic acids is 1. The molecule has 43 heavy (non-hydrogen) atoms. The van der Waals surface area contributed by atoms with Gasteiger partial charge in [0.25, 0.3) is 0 Å². The average molecular weight is 604 g/mol. The molecule has 0 aliphatic heterocycles. The van der Waals surface area contributed by atoms with Gasteiger partial charge in [0, 0.05) is 12.0 Å². The summed E-state index contributed by atoms with van der Waals surface area (Å²) < 4.78 is 0. The summed E-state index contributed by atoms with van der Waals surface area (Å²) in [5, 5.41) is 39.0. The molecule has 0 bridgehead atoms. The minimum absolute atomic E-state index is 0.0350. The number of amides is 1. The highest BCUT2D eigenvalue weighted by Gasteiger charge is 2.50. The number of aliphatic carboxylic acids is 1. The van der Waals surface area contributed by atoms with Gasteiger partial charge in [-0.15, -0.1) is 0 Å². The van der Waals surface area contributed by atoms with Crippen molar-refractivity contribution < 1.29 is 30.0 Å². The van der Waals surface area contributed by atoms with Gasteiger partial charge in [-0.1, -0.05) is 90.7 Å². The number of fused-ring (bicyclic) bond motifs is 1. The minimum atomic E-state index is -1.35. The molecular weight excluding hydrogens is 542 g/mol. The maximum Gasteiger partial charge on any atom is 0.305 e. The monoisotopic (exact) mass is 603 g/mol. The van der Waals surface area contributed by atoms with Crippen LogP contribution >= 0.6 is 0 Å². The van der Waals surface area contributed by atoms with E-state index in [2.05, 4.69) is 51.7 Å². The number of rotatable bonds is 12. The van der Waals surface area contributed by atoms with Crippen LogP contribution in [0.3, 0.4) is 0 Å². The van der Waals surface area contributed by atoms with Gasteiger partial charge in [-0.25, -0.2) is 0 Å². The van der Waals surface area contributed by atoms with Crippen molar-refractivity contribution in [3.63, 3.8) is 0 Å². The molecule has 0 aromatic rings. The van der Waals surface area contributed by atoms with Crippen molar-refractivity contribution in [2.75, 3.05) is 13.2 Å². The Hall–Kier alpha value is -1.96. The Morgan fingerprint density at radius 2 is 1.81 bits per heavy atom. The average Bonchev–Trinajstić information content (AvgIpc) is 3.30. The number of hydrogen-bond donors (Lipinski definition) is 5. The lowest BCUT2D eigenvalue weighted by Crippen LogP contribution is -2.45. The fraction of sp³-hybridized carbons (Fsp3) is 0.778. The number of carboxylic acids is 1. The summed E-state index contributed by atoms with van der Waals surface area (Å²) in [6.45, 7) is 16.8. The summed E-state index contributed by atoms with van der Waals surface area (Å²) in [7, 11) is 0. The molecule has 3 saturated carbocycles. The second-order valence-electron chi connectivity index (χ2n) is 14.8. The Morgan fingerprint density at radius 1 is 1.12 bits per heavy atom. The maximum atomic E-state index is 11.3. The number of hydrogen-bond acceptors (Lipinski definition) is 5. The van der Waals surface area contributed by atoms with Crippen LogP contribution in [0.15, 0.2) is 35.5 Å². The highest BCUT2D eigenvalue weighted by atomic mass is 16.4. The lowest BCUT2D eigenvalue weighted by molar-refractivity contribution is -0.138. The van der Waals surface area contributed by atoms with Crippen molar-refractivity contribution >= 4 is 11.9 Å². The minimum Gasteiger partial charge on any atom is -0.481 e. The molecule has 0 aromatic heterocycles. The highest BCUT2D eigenvalue weighted by molar-refractivity contribution is 5.81. The summed E-state index contributed by atoms with van der Waals surface area (Å²) in [4.78, 5) is 21.4. The first-order chi connectivity index (χ1) is 20.1. The predicted octanol–water partition coefficient (Wildman–Crippen LogP) is 6.58. The molecule has 1 amide bonds. The van der Waals surface area contributed by atoms with Gasteiger partial charge in [0.15, 0.2) is 0 Å². The normalized spacial score (nSPS) is 29.2. The molecule has 0 spiro atoms. The van der Waals surface area contributed by atoms with E-state index in [0.717, 1.165) is 42.9 Å². The van der Waals surface area contributed by atoms with Crippen molar-refractivity contribution in [3.05, 3.63) is 35.5 Å². The van der Waals surface area contributed by atoms with E-state index < -0.39 is 23.4 Å². The SMILES string of the molecule is C=C1CC[C@H](O)C/C1=C\C=C1/CCC[C@]2(C)[C@@H]([C@H](C)CCCC(C)C)CC[C@@H]12.CC(C)(CO)[C@@H](O)C(=O)NCCC(=O)O. The molecule has 3 fully saturated rings. The van der Waals surface area contributed by atoms with E-state index in [-0.39, 0.29) is 25.7 Å². The van der Waals surface area contributed by atoms with Gasteiger partial charge in [-0.05, 0) is 86.0 Å². The zero-order valence-electron chi connectivity index (χ0n) is 27.8. The number of aliphatic hydroxyl groups is 3. The molecule has 3 aliphatic carbocycles. The quantitative estimate of drug-likeness (QED) is 0.172. The van der Waals surface area contributed by atoms with E-state index in [1.807, 2.05) is 0 Å². The van der Waals surface area contributed by atoms with Crippen LogP contribution in [0.5, 0.6) is 0 Å². The van der Waals surface area contributed by atoms with E-state index in [4.69, 9.17) is 10.2 Å². The molecule has 0 heterocycles. The van der Waals surface area contributed by atoms with Crippen molar-refractivity contribution in [3.8, 4) is 0 Å². The van der Waals surface area contributed by atoms with Gasteiger partial charge in [-0.3, -0.25) is 9.59 Å². The van der Waals surface area contributed by atoms with Crippen LogP contribution in [0.2, 0.25) is 0 Å². The first kappa shape index (κ1) is 37.2. The van der Waals surface area contributed by atoms with E-state index in [9.17, 15) is 19.8 Å².